The molecule has 1 aliphatic rings. The van der Waals surface area contributed by atoms with Crippen LogP contribution in [-0.4, -0.2) is 62.8 Å². The molecule has 114 valence electrons. The topological polar surface area (TPSA) is 66.8 Å². The van der Waals surface area contributed by atoms with Gasteiger partial charge in [0.2, 0.25) is 0 Å². The Kier molecular flexibility index (Phi) is 5.62. The first-order valence-electron chi connectivity index (χ1n) is 6.84. The van der Waals surface area contributed by atoms with Crippen LogP contribution in [-0.2, 0) is 9.84 Å². The third-order valence-electron chi connectivity index (χ3n) is 3.28. The van der Waals surface area contributed by atoms with E-state index in [-0.39, 0.29) is 18.1 Å². The SMILES string of the molecule is O=S1(=O)CCN(CCOc2ccc(C#CCO)cc2)CC1. The van der Waals surface area contributed by atoms with Gasteiger partial charge in [-0.2, -0.15) is 0 Å². The van der Waals surface area contributed by atoms with Gasteiger partial charge in [0.05, 0.1) is 11.5 Å². The largest absolute Gasteiger partial charge is 0.492 e. The number of benzene rings is 1. The quantitative estimate of drug-likeness (QED) is 0.802. The standard InChI is InChI=1S/C15H19NO4S/c17-10-1-2-14-3-5-15(6-4-14)20-11-7-16-8-12-21(18,19)13-9-16/h3-6,17H,7-13H2. The van der Waals surface area contributed by atoms with Crippen molar-refractivity contribution in [3.8, 4) is 17.6 Å². The predicted molar refractivity (Wildman–Crippen MR) is 81.0 cm³/mol. The van der Waals surface area contributed by atoms with Gasteiger partial charge in [0, 0.05) is 25.2 Å². The van der Waals surface area contributed by atoms with E-state index >= 15 is 0 Å². The highest BCUT2D eigenvalue weighted by atomic mass is 32.2. The molecule has 0 radical (unpaired) electrons. The van der Waals surface area contributed by atoms with Crippen LogP contribution in [0, 0.1) is 11.8 Å². The van der Waals surface area contributed by atoms with Gasteiger partial charge in [0.25, 0.3) is 0 Å². The fourth-order valence-electron chi connectivity index (χ4n) is 2.04. The fourth-order valence-corrected chi connectivity index (χ4v) is 3.32. The molecule has 0 unspecified atom stereocenters. The Labute approximate surface area is 125 Å². The van der Waals surface area contributed by atoms with Crippen LogP contribution < -0.4 is 4.74 Å². The van der Waals surface area contributed by atoms with Crippen LogP contribution in [0.4, 0.5) is 0 Å². The molecule has 0 amide bonds. The molecule has 1 N–H and O–H groups in total. The van der Waals surface area contributed by atoms with Crippen molar-refractivity contribution in [1.29, 1.82) is 0 Å². The second-order valence-corrected chi connectivity index (χ2v) is 7.13. The molecule has 1 aromatic rings. The maximum absolute atomic E-state index is 11.3. The molecular weight excluding hydrogens is 290 g/mol. The minimum Gasteiger partial charge on any atom is -0.492 e. The molecule has 21 heavy (non-hydrogen) atoms. The Morgan fingerprint density at radius 1 is 1.19 bits per heavy atom. The molecule has 0 atom stereocenters. The van der Waals surface area contributed by atoms with Crippen LogP contribution in [0.25, 0.3) is 0 Å². The van der Waals surface area contributed by atoms with E-state index in [2.05, 4.69) is 16.7 Å². The van der Waals surface area contributed by atoms with Gasteiger partial charge in [-0.15, -0.1) is 0 Å². The number of aliphatic hydroxyl groups excluding tert-OH is 1. The van der Waals surface area contributed by atoms with Crippen LogP contribution in [0.5, 0.6) is 5.75 Å². The molecule has 5 nitrogen and oxygen atoms in total. The molecule has 1 aromatic carbocycles. The zero-order chi connectivity index (χ0) is 15.1. The second kappa shape index (κ2) is 7.46. The van der Waals surface area contributed by atoms with E-state index < -0.39 is 9.84 Å². The Morgan fingerprint density at radius 3 is 2.48 bits per heavy atom. The van der Waals surface area contributed by atoms with Crippen molar-refractivity contribution in [2.24, 2.45) is 0 Å². The van der Waals surface area contributed by atoms with Gasteiger partial charge in [0.1, 0.15) is 19.0 Å². The van der Waals surface area contributed by atoms with Crippen LogP contribution in [0.1, 0.15) is 5.56 Å². The number of nitrogens with zero attached hydrogens (tertiary/aromatic N) is 1. The summed E-state index contributed by atoms with van der Waals surface area (Å²) >= 11 is 0. The lowest BCUT2D eigenvalue weighted by Gasteiger charge is -2.26. The Bertz CT molecular complexity index is 599. The fraction of sp³-hybridized carbons (Fsp3) is 0.467. The van der Waals surface area contributed by atoms with E-state index in [4.69, 9.17) is 9.84 Å². The summed E-state index contributed by atoms with van der Waals surface area (Å²) in [6.07, 6.45) is 0. The molecule has 1 saturated heterocycles. The Balaban J connectivity index is 1.74. The molecule has 0 bridgehead atoms. The zero-order valence-electron chi connectivity index (χ0n) is 11.8. The highest BCUT2D eigenvalue weighted by molar-refractivity contribution is 7.91. The molecule has 0 spiro atoms. The number of rotatable bonds is 4. The highest BCUT2D eigenvalue weighted by Crippen LogP contribution is 2.12. The van der Waals surface area contributed by atoms with Crippen molar-refractivity contribution >= 4 is 9.84 Å². The first-order chi connectivity index (χ1) is 10.1. The Hall–Kier alpha value is -1.55. The van der Waals surface area contributed by atoms with Crippen molar-refractivity contribution in [2.45, 2.75) is 0 Å². The third-order valence-corrected chi connectivity index (χ3v) is 4.89. The summed E-state index contributed by atoms with van der Waals surface area (Å²) in [5, 5.41) is 8.61. The lowest BCUT2D eigenvalue weighted by molar-refractivity contribution is 0.219. The van der Waals surface area contributed by atoms with E-state index in [1.165, 1.54) is 0 Å². The number of aliphatic hydroxyl groups is 1. The van der Waals surface area contributed by atoms with Gasteiger partial charge in [-0.25, -0.2) is 8.42 Å². The van der Waals surface area contributed by atoms with Gasteiger partial charge in [-0.3, -0.25) is 4.90 Å². The van der Waals surface area contributed by atoms with E-state index in [0.717, 1.165) is 17.9 Å². The molecule has 6 heteroatoms. The molecule has 0 aromatic heterocycles. The molecule has 0 aliphatic carbocycles. The van der Waals surface area contributed by atoms with E-state index in [1.807, 2.05) is 24.3 Å². The molecular formula is C15H19NO4S. The van der Waals surface area contributed by atoms with Gasteiger partial charge in [-0.05, 0) is 24.3 Å². The molecule has 1 heterocycles. The molecule has 2 rings (SSSR count). The van der Waals surface area contributed by atoms with Gasteiger partial charge in [-0.1, -0.05) is 11.8 Å². The monoisotopic (exact) mass is 309 g/mol. The summed E-state index contributed by atoms with van der Waals surface area (Å²) in [5.74, 6) is 6.64. The minimum atomic E-state index is -2.82. The first kappa shape index (κ1) is 15.8. The van der Waals surface area contributed by atoms with E-state index in [0.29, 0.717) is 19.7 Å². The first-order valence-corrected chi connectivity index (χ1v) is 8.66. The van der Waals surface area contributed by atoms with Crippen LogP contribution >= 0.6 is 0 Å². The van der Waals surface area contributed by atoms with E-state index in [9.17, 15) is 8.42 Å². The summed E-state index contributed by atoms with van der Waals surface area (Å²) in [7, 11) is -2.82. The summed E-state index contributed by atoms with van der Waals surface area (Å²) in [5.41, 5.74) is 0.831. The van der Waals surface area contributed by atoms with Crippen molar-refractivity contribution in [1.82, 2.24) is 4.90 Å². The lowest BCUT2D eigenvalue weighted by Crippen LogP contribution is -2.42. The summed E-state index contributed by atoms with van der Waals surface area (Å²) in [6.45, 7) is 2.27. The van der Waals surface area contributed by atoms with Crippen LogP contribution in [0.3, 0.4) is 0 Å². The molecule has 1 fully saturated rings. The predicted octanol–water partition coefficient (Wildman–Crippen LogP) is 0.140. The average Bonchev–Trinajstić information content (AvgIpc) is 2.48. The Morgan fingerprint density at radius 2 is 1.86 bits per heavy atom. The van der Waals surface area contributed by atoms with Gasteiger partial charge in [0.15, 0.2) is 9.84 Å². The molecule has 0 saturated carbocycles. The number of hydrogen-bond donors (Lipinski definition) is 1. The van der Waals surface area contributed by atoms with Crippen molar-refractivity contribution < 1.29 is 18.3 Å². The normalized spacial score (nSPS) is 17.8. The number of ether oxygens (including phenoxy) is 1. The summed E-state index contributed by atoms with van der Waals surface area (Å²) in [4.78, 5) is 2.10. The molecule has 1 aliphatic heterocycles. The third kappa shape index (κ3) is 5.38. The van der Waals surface area contributed by atoms with Crippen molar-refractivity contribution in [3.05, 3.63) is 29.8 Å². The summed E-state index contributed by atoms with van der Waals surface area (Å²) in [6, 6.07) is 7.35. The maximum atomic E-state index is 11.3. The van der Waals surface area contributed by atoms with Crippen molar-refractivity contribution in [3.63, 3.8) is 0 Å². The average molecular weight is 309 g/mol. The zero-order valence-corrected chi connectivity index (χ0v) is 12.6. The smallest absolute Gasteiger partial charge is 0.152 e. The van der Waals surface area contributed by atoms with Crippen LogP contribution in [0.15, 0.2) is 24.3 Å². The van der Waals surface area contributed by atoms with Crippen LogP contribution in [0.2, 0.25) is 0 Å². The minimum absolute atomic E-state index is 0.149. The maximum Gasteiger partial charge on any atom is 0.152 e. The lowest BCUT2D eigenvalue weighted by atomic mass is 10.2. The number of hydrogen-bond acceptors (Lipinski definition) is 5. The second-order valence-electron chi connectivity index (χ2n) is 4.83. The highest BCUT2D eigenvalue weighted by Gasteiger charge is 2.20. The summed E-state index contributed by atoms with van der Waals surface area (Å²) < 4.78 is 28.3. The number of sulfone groups is 1. The van der Waals surface area contributed by atoms with Gasteiger partial charge < -0.3 is 9.84 Å². The van der Waals surface area contributed by atoms with E-state index in [1.54, 1.807) is 0 Å². The van der Waals surface area contributed by atoms with Crippen molar-refractivity contribution in [2.75, 3.05) is 44.4 Å². The van der Waals surface area contributed by atoms with Gasteiger partial charge >= 0.3 is 0 Å².